The van der Waals surface area contributed by atoms with Gasteiger partial charge in [-0.1, -0.05) is 59.1 Å². The van der Waals surface area contributed by atoms with Crippen molar-refractivity contribution in [3.63, 3.8) is 0 Å². The van der Waals surface area contributed by atoms with Gasteiger partial charge < -0.3 is 10.2 Å². The Kier molecular flexibility index (Phi) is 10.8. The highest BCUT2D eigenvalue weighted by molar-refractivity contribution is 9.10. The van der Waals surface area contributed by atoms with Crippen LogP contribution in [0.3, 0.4) is 0 Å². The lowest BCUT2D eigenvalue weighted by Crippen LogP contribution is -2.48. The third-order valence-corrected chi connectivity index (χ3v) is 6.56. The molecule has 4 nitrogen and oxygen atoms in total. The van der Waals surface area contributed by atoms with Crippen LogP contribution in [0.2, 0.25) is 5.02 Å². The van der Waals surface area contributed by atoms with Crippen LogP contribution >= 0.6 is 39.3 Å². The summed E-state index contributed by atoms with van der Waals surface area (Å²) in [7, 11) is 0. The fourth-order valence-corrected chi connectivity index (χ4v) is 4.64. The van der Waals surface area contributed by atoms with Gasteiger partial charge in [0.25, 0.3) is 0 Å². The van der Waals surface area contributed by atoms with Gasteiger partial charge in [-0.2, -0.15) is 0 Å². The lowest BCUT2D eigenvalue weighted by Gasteiger charge is -2.29. The zero-order valence-corrected chi connectivity index (χ0v) is 20.8. The molecule has 0 radical (unpaired) electrons. The minimum Gasteiger partial charge on any atom is -0.354 e. The highest BCUT2D eigenvalue weighted by Crippen LogP contribution is 2.24. The van der Waals surface area contributed by atoms with Crippen molar-refractivity contribution in [2.24, 2.45) is 0 Å². The highest BCUT2D eigenvalue weighted by Gasteiger charge is 2.26. The van der Waals surface area contributed by atoms with Crippen molar-refractivity contribution in [3.8, 4) is 0 Å². The molecular formula is C23H27BrClFN2O2S. The van der Waals surface area contributed by atoms with E-state index in [0.29, 0.717) is 23.7 Å². The van der Waals surface area contributed by atoms with Crippen molar-refractivity contribution in [1.82, 2.24) is 10.2 Å². The molecule has 2 rings (SSSR count). The molecule has 0 fully saturated rings. The molecule has 0 aliphatic heterocycles. The second kappa shape index (κ2) is 13.1. The van der Waals surface area contributed by atoms with Gasteiger partial charge in [0.15, 0.2) is 0 Å². The molecule has 8 heteroatoms. The second-order valence-corrected chi connectivity index (χ2v) is 9.47. The Balaban J connectivity index is 2.08. The van der Waals surface area contributed by atoms with Crippen molar-refractivity contribution < 1.29 is 14.0 Å². The number of rotatable bonds is 11. The summed E-state index contributed by atoms with van der Waals surface area (Å²) in [5, 5.41) is 3.24. The maximum absolute atomic E-state index is 14.0. The van der Waals surface area contributed by atoms with Crippen LogP contribution in [0.1, 0.15) is 37.8 Å². The van der Waals surface area contributed by atoms with Crippen LogP contribution in [0.4, 0.5) is 4.39 Å². The first-order chi connectivity index (χ1) is 14.8. The van der Waals surface area contributed by atoms with E-state index >= 15 is 0 Å². The fourth-order valence-electron chi connectivity index (χ4n) is 2.94. The Morgan fingerprint density at radius 3 is 2.68 bits per heavy atom. The van der Waals surface area contributed by atoms with Crippen LogP contribution in [-0.4, -0.2) is 35.1 Å². The summed E-state index contributed by atoms with van der Waals surface area (Å²) in [5.41, 5.74) is 1.30. The van der Waals surface area contributed by atoms with Gasteiger partial charge in [0.05, 0.1) is 5.75 Å². The van der Waals surface area contributed by atoms with Crippen molar-refractivity contribution in [1.29, 1.82) is 0 Å². The van der Waals surface area contributed by atoms with E-state index in [0.717, 1.165) is 22.9 Å². The predicted molar refractivity (Wildman–Crippen MR) is 130 cm³/mol. The van der Waals surface area contributed by atoms with Crippen molar-refractivity contribution in [2.45, 2.75) is 45.0 Å². The summed E-state index contributed by atoms with van der Waals surface area (Å²) in [6.07, 6.45) is 1.86. The van der Waals surface area contributed by atoms with Crippen LogP contribution in [0, 0.1) is 5.82 Å². The minimum absolute atomic E-state index is 0.116. The number of nitrogens with one attached hydrogen (secondary N) is 1. The number of thioether (sulfide) groups is 1. The molecule has 0 aliphatic carbocycles. The van der Waals surface area contributed by atoms with Crippen LogP contribution in [0.5, 0.6) is 0 Å². The van der Waals surface area contributed by atoms with Crippen molar-refractivity contribution in [2.75, 3.05) is 12.3 Å². The molecule has 2 amide bonds. The molecule has 2 aromatic carbocycles. The Bertz CT molecular complexity index is 879. The average molecular weight is 530 g/mol. The van der Waals surface area contributed by atoms with Crippen molar-refractivity contribution in [3.05, 3.63) is 68.9 Å². The average Bonchev–Trinajstić information content (AvgIpc) is 2.73. The van der Waals surface area contributed by atoms with Crippen LogP contribution in [0.15, 0.2) is 46.9 Å². The lowest BCUT2D eigenvalue weighted by atomic mass is 10.1. The number of hydrogen-bond donors (Lipinski definition) is 1. The lowest BCUT2D eigenvalue weighted by molar-refractivity contribution is -0.138. The van der Waals surface area contributed by atoms with Gasteiger partial charge in [0, 0.05) is 33.9 Å². The zero-order chi connectivity index (χ0) is 22.8. The van der Waals surface area contributed by atoms with Gasteiger partial charge in [-0.15, -0.1) is 11.8 Å². The maximum Gasteiger partial charge on any atom is 0.242 e. The number of nitrogens with zero attached hydrogens (tertiary/aromatic N) is 1. The summed E-state index contributed by atoms with van der Waals surface area (Å²) in [5.74, 6) is -0.360. The van der Waals surface area contributed by atoms with E-state index in [9.17, 15) is 14.0 Å². The number of hydrogen-bond acceptors (Lipinski definition) is 3. The van der Waals surface area contributed by atoms with Gasteiger partial charge in [-0.05, 0) is 43.2 Å². The SMILES string of the molecule is CCCCNC(=O)[C@@H](C)N(Cc1cccc(Br)c1)C(=O)CSCc1c(F)cccc1Cl. The number of benzene rings is 2. The molecule has 1 atom stereocenters. The topological polar surface area (TPSA) is 49.4 Å². The third kappa shape index (κ3) is 8.13. The number of amides is 2. The summed E-state index contributed by atoms with van der Waals surface area (Å²) in [4.78, 5) is 27.2. The number of halogens is 3. The quantitative estimate of drug-likeness (QED) is 0.374. The Hall–Kier alpha value is -1.57. The van der Waals surface area contributed by atoms with E-state index in [1.54, 1.807) is 24.0 Å². The largest absolute Gasteiger partial charge is 0.354 e. The molecule has 2 aromatic rings. The molecule has 0 aliphatic rings. The summed E-state index contributed by atoms with van der Waals surface area (Å²) < 4.78 is 14.9. The molecule has 31 heavy (non-hydrogen) atoms. The molecule has 1 N–H and O–H groups in total. The first kappa shape index (κ1) is 25.7. The molecule has 168 valence electrons. The smallest absolute Gasteiger partial charge is 0.242 e. The monoisotopic (exact) mass is 528 g/mol. The molecular weight excluding hydrogens is 503 g/mol. The van der Waals surface area contributed by atoms with Crippen LogP contribution < -0.4 is 5.32 Å². The first-order valence-corrected chi connectivity index (χ1v) is 12.5. The van der Waals surface area contributed by atoms with Crippen LogP contribution in [-0.2, 0) is 21.9 Å². The molecule has 0 saturated heterocycles. The molecule has 0 aromatic heterocycles. The van der Waals surface area contributed by atoms with Gasteiger partial charge in [-0.25, -0.2) is 4.39 Å². The summed E-state index contributed by atoms with van der Waals surface area (Å²) >= 11 is 10.8. The molecule has 0 spiro atoms. The minimum atomic E-state index is -0.624. The molecule has 0 saturated carbocycles. The number of carbonyl (C=O) groups excluding carboxylic acids is 2. The fraction of sp³-hybridized carbons (Fsp3) is 0.391. The molecule has 0 bridgehead atoms. The highest BCUT2D eigenvalue weighted by atomic mass is 79.9. The first-order valence-electron chi connectivity index (χ1n) is 10.2. The number of carbonyl (C=O) groups is 2. The number of unbranched alkanes of at least 4 members (excludes halogenated alkanes) is 1. The van der Waals surface area contributed by atoms with E-state index in [1.807, 2.05) is 24.3 Å². The van der Waals surface area contributed by atoms with E-state index in [1.165, 1.54) is 17.8 Å². The van der Waals surface area contributed by atoms with E-state index in [2.05, 4.69) is 28.2 Å². The van der Waals surface area contributed by atoms with Gasteiger partial charge in [0.1, 0.15) is 11.9 Å². The predicted octanol–water partition coefficient (Wildman–Crippen LogP) is 5.81. The van der Waals surface area contributed by atoms with E-state index < -0.39 is 6.04 Å². The van der Waals surface area contributed by atoms with Crippen LogP contribution in [0.25, 0.3) is 0 Å². The summed E-state index contributed by atoms with van der Waals surface area (Å²) in [6, 6.07) is 11.5. The molecule has 0 unspecified atom stereocenters. The maximum atomic E-state index is 14.0. The third-order valence-electron chi connectivity index (χ3n) is 4.77. The second-order valence-electron chi connectivity index (χ2n) is 7.17. The van der Waals surface area contributed by atoms with E-state index in [4.69, 9.17) is 11.6 Å². The van der Waals surface area contributed by atoms with E-state index in [-0.39, 0.29) is 29.1 Å². The summed E-state index contributed by atoms with van der Waals surface area (Å²) in [6.45, 7) is 4.67. The standard InChI is InChI=1S/C23H27BrClFN2O2S/c1-3-4-11-27-23(30)16(2)28(13-17-7-5-8-18(24)12-17)22(29)15-31-14-19-20(25)9-6-10-21(19)26/h5-10,12,16H,3-4,11,13-15H2,1-2H3,(H,27,30)/t16-/m1/s1. The van der Waals surface area contributed by atoms with Gasteiger partial charge >= 0.3 is 0 Å². The van der Waals surface area contributed by atoms with Crippen molar-refractivity contribution >= 4 is 51.1 Å². The molecule has 0 heterocycles. The Morgan fingerprint density at radius 1 is 1.26 bits per heavy atom. The Labute approximate surface area is 201 Å². The Morgan fingerprint density at radius 2 is 2.00 bits per heavy atom. The zero-order valence-electron chi connectivity index (χ0n) is 17.7. The normalized spacial score (nSPS) is 11.8. The van der Waals surface area contributed by atoms with Gasteiger partial charge in [-0.3, -0.25) is 9.59 Å². The van der Waals surface area contributed by atoms with Gasteiger partial charge in [0.2, 0.25) is 11.8 Å².